The van der Waals surface area contributed by atoms with Crippen molar-refractivity contribution < 1.29 is 19.2 Å². The average molecular weight is 669 g/mol. The molecular formula is C39H52N6O4. The van der Waals surface area contributed by atoms with Crippen molar-refractivity contribution in [3.05, 3.63) is 83.9 Å². The van der Waals surface area contributed by atoms with Gasteiger partial charge in [-0.3, -0.25) is 14.4 Å². The highest BCUT2D eigenvalue weighted by molar-refractivity contribution is 5.90. The number of rotatable bonds is 13. The number of carbonyl (C=O) groups is 4. The Morgan fingerprint density at radius 2 is 1.51 bits per heavy atom. The average Bonchev–Trinajstić information content (AvgIpc) is 3.13. The zero-order chi connectivity index (χ0) is 34.6. The largest absolute Gasteiger partial charge is 0.356 e. The number of nitrogens with two attached hydrogens (primary N) is 1. The number of fused-ring (bicyclic) bond motifs is 1. The van der Waals surface area contributed by atoms with Crippen LogP contribution in [0.5, 0.6) is 0 Å². The smallest absolute Gasteiger partial charge is 0.318 e. The minimum Gasteiger partial charge on any atom is -0.356 e. The molecule has 0 aliphatic carbocycles. The van der Waals surface area contributed by atoms with Crippen LogP contribution in [0.3, 0.4) is 0 Å². The SMILES string of the molecule is CCNC(=O)[C@]1(Cc2ccccc2)CCCN(C(=O)C(Cc2ccc3ccccc3c2)NC(=O)N2CCN(C(=O)CCCCCN)CC2)C1. The first-order valence-electron chi connectivity index (χ1n) is 17.9. The third kappa shape index (κ3) is 9.38. The van der Waals surface area contributed by atoms with Gasteiger partial charge in [0.2, 0.25) is 17.7 Å². The minimum atomic E-state index is -0.822. The summed E-state index contributed by atoms with van der Waals surface area (Å²) in [5.41, 5.74) is 6.81. The predicted molar refractivity (Wildman–Crippen MR) is 193 cm³/mol. The van der Waals surface area contributed by atoms with Gasteiger partial charge in [-0.2, -0.15) is 0 Å². The Bertz CT molecular complexity index is 1570. The maximum atomic E-state index is 14.5. The number of likely N-dealkylation sites (tertiary alicyclic amines) is 1. The molecule has 10 heteroatoms. The third-order valence-electron chi connectivity index (χ3n) is 9.96. The number of hydrogen-bond acceptors (Lipinski definition) is 5. The molecule has 3 aromatic carbocycles. The molecule has 0 bridgehead atoms. The van der Waals surface area contributed by atoms with Crippen LogP contribution in [-0.2, 0) is 27.2 Å². The van der Waals surface area contributed by atoms with Gasteiger partial charge in [0, 0.05) is 58.7 Å². The van der Waals surface area contributed by atoms with Crippen molar-refractivity contribution in [1.29, 1.82) is 0 Å². The van der Waals surface area contributed by atoms with Crippen LogP contribution in [0.4, 0.5) is 4.79 Å². The molecule has 0 spiro atoms. The molecule has 0 saturated carbocycles. The van der Waals surface area contributed by atoms with Gasteiger partial charge in [0.1, 0.15) is 6.04 Å². The molecule has 262 valence electrons. The van der Waals surface area contributed by atoms with Crippen LogP contribution in [0.1, 0.15) is 56.6 Å². The van der Waals surface area contributed by atoms with E-state index in [1.165, 1.54) is 0 Å². The third-order valence-corrected chi connectivity index (χ3v) is 9.96. The lowest BCUT2D eigenvalue weighted by Crippen LogP contribution is -2.60. The van der Waals surface area contributed by atoms with Gasteiger partial charge in [0.25, 0.3) is 0 Å². The molecule has 49 heavy (non-hydrogen) atoms. The van der Waals surface area contributed by atoms with E-state index < -0.39 is 11.5 Å². The van der Waals surface area contributed by atoms with E-state index in [-0.39, 0.29) is 30.3 Å². The number of nitrogens with one attached hydrogen (secondary N) is 2. The Labute approximate surface area is 290 Å². The van der Waals surface area contributed by atoms with Crippen molar-refractivity contribution in [3.63, 3.8) is 0 Å². The fourth-order valence-corrected chi connectivity index (χ4v) is 7.24. The molecule has 5 rings (SSSR count). The van der Waals surface area contributed by atoms with Crippen LogP contribution >= 0.6 is 0 Å². The molecular weight excluding hydrogens is 616 g/mol. The second-order valence-corrected chi connectivity index (χ2v) is 13.5. The lowest BCUT2D eigenvalue weighted by atomic mass is 9.74. The summed E-state index contributed by atoms with van der Waals surface area (Å²) in [6, 6.07) is 23.0. The highest BCUT2D eigenvalue weighted by Crippen LogP contribution is 2.35. The highest BCUT2D eigenvalue weighted by Gasteiger charge is 2.44. The first kappa shape index (κ1) is 35.9. The Balaban J connectivity index is 1.32. The van der Waals surface area contributed by atoms with Gasteiger partial charge in [-0.1, -0.05) is 79.2 Å². The summed E-state index contributed by atoms with van der Waals surface area (Å²) in [5, 5.41) is 8.30. The fraction of sp³-hybridized carbons (Fsp3) is 0.487. The van der Waals surface area contributed by atoms with Crippen LogP contribution in [-0.4, -0.2) is 96.9 Å². The van der Waals surface area contributed by atoms with Crippen LogP contribution in [0.25, 0.3) is 10.8 Å². The number of carbonyl (C=O) groups excluding carboxylic acids is 4. The molecule has 2 heterocycles. The zero-order valence-corrected chi connectivity index (χ0v) is 28.9. The summed E-state index contributed by atoms with van der Waals surface area (Å²) < 4.78 is 0. The van der Waals surface area contributed by atoms with E-state index in [9.17, 15) is 19.2 Å². The Kier molecular flexibility index (Phi) is 12.6. The summed E-state index contributed by atoms with van der Waals surface area (Å²) in [4.78, 5) is 59.9. The summed E-state index contributed by atoms with van der Waals surface area (Å²) >= 11 is 0. The lowest BCUT2D eigenvalue weighted by Gasteiger charge is -2.43. The van der Waals surface area contributed by atoms with E-state index >= 15 is 0 Å². The molecule has 5 amide bonds. The molecule has 10 nitrogen and oxygen atoms in total. The lowest BCUT2D eigenvalue weighted by molar-refractivity contribution is -0.142. The summed E-state index contributed by atoms with van der Waals surface area (Å²) in [6.45, 7) is 5.59. The maximum absolute atomic E-state index is 14.5. The van der Waals surface area contributed by atoms with Crippen molar-refractivity contribution in [2.75, 3.05) is 52.4 Å². The summed E-state index contributed by atoms with van der Waals surface area (Å²) in [6.07, 6.45) is 5.37. The summed E-state index contributed by atoms with van der Waals surface area (Å²) in [7, 11) is 0. The monoisotopic (exact) mass is 668 g/mol. The van der Waals surface area contributed by atoms with Gasteiger partial charge < -0.3 is 31.1 Å². The van der Waals surface area contributed by atoms with Crippen LogP contribution in [0.15, 0.2) is 72.8 Å². The predicted octanol–water partition coefficient (Wildman–Crippen LogP) is 4.11. The van der Waals surface area contributed by atoms with Crippen molar-refractivity contribution >= 4 is 34.5 Å². The van der Waals surface area contributed by atoms with Crippen LogP contribution < -0.4 is 16.4 Å². The van der Waals surface area contributed by atoms with Gasteiger partial charge >= 0.3 is 6.03 Å². The van der Waals surface area contributed by atoms with Gasteiger partial charge in [-0.25, -0.2) is 4.79 Å². The first-order chi connectivity index (χ1) is 23.8. The molecule has 1 unspecified atom stereocenters. The Morgan fingerprint density at radius 1 is 0.796 bits per heavy atom. The number of amides is 5. The van der Waals surface area contributed by atoms with E-state index in [0.717, 1.165) is 41.2 Å². The van der Waals surface area contributed by atoms with E-state index in [1.807, 2.05) is 72.5 Å². The van der Waals surface area contributed by atoms with E-state index in [2.05, 4.69) is 22.8 Å². The molecule has 0 radical (unpaired) electrons. The van der Waals surface area contributed by atoms with Crippen molar-refractivity contribution in [1.82, 2.24) is 25.3 Å². The van der Waals surface area contributed by atoms with E-state index in [4.69, 9.17) is 5.73 Å². The van der Waals surface area contributed by atoms with E-state index in [1.54, 1.807) is 9.80 Å². The molecule has 0 aromatic heterocycles. The maximum Gasteiger partial charge on any atom is 0.318 e. The molecule has 4 N–H and O–H groups in total. The molecule has 2 aliphatic rings. The molecule has 2 saturated heterocycles. The van der Waals surface area contributed by atoms with Crippen molar-refractivity contribution in [2.45, 2.75) is 64.3 Å². The van der Waals surface area contributed by atoms with Crippen LogP contribution in [0, 0.1) is 5.41 Å². The number of urea groups is 1. The van der Waals surface area contributed by atoms with Crippen LogP contribution in [0.2, 0.25) is 0 Å². The normalized spacial score (nSPS) is 18.6. The van der Waals surface area contributed by atoms with E-state index in [0.29, 0.717) is 77.9 Å². The van der Waals surface area contributed by atoms with Crippen molar-refractivity contribution in [3.8, 4) is 0 Å². The zero-order valence-electron chi connectivity index (χ0n) is 28.9. The summed E-state index contributed by atoms with van der Waals surface area (Å²) in [5.74, 6) is -0.120. The topological polar surface area (TPSA) is 128 Å². The van der Waals surface area contributed by atoms with Gasteiger partial charge in [0.05, 0.1) is 5.41 Å². The number of hydrogen-bond donors (Lipinski definition) is 3. The van der Waals surface area contributed by atoms with Gasteiger partial charge in [0.15, 0.2) is 0 Å². The number of piperazine rings is 1. The number of nitrogens with zero attached hydrogens (tertiary/aromatic N) is 3. The molecule has 2 aliphatic heterocycles. The second kappa shape index (κ2) is 17.3. The fourth-order valence-electron chi connectivity index (χ4n) is 7.24. The molecule has 2 fully saturated rings. The Morgan fingerprint density at radius 3 is 2.24 bits per heavy atom. The van der Waals surface area contributed by atoms with Crippen molar-refractivity contribution in [2.24, 2.45) is 11.1 Å². The Hall–Kier alpha value is -4.44. The number of piperidine rings is 1. The first-order valence-corrected chi connectivity index (χ1v) is 17.9. The number of unbranched alkanes of at least 4 members (excludes halogenated alkanes) is 2. The quantitative estimate of drug-likeness (QED) is 0.236. The minimum absolute atomic E-state index is 0.0433. The number of benzene rings is 3. The van der Waals surface area contributed by atoms with Gasteiger partial charge in [-0.05, 0) is 67.5 Å². The molecule has 2 atom stereocenters. The highest BCUT2D eigenvalue weighted by atomic mass is 16.2. The standard InChI is InChI=1S/C39H52N6O4/c1-2-41-37(48)39(28-30-12-5-3-6-13-30)19-11-21-45(29-39)36(47)34(27-31-17-18-32-14-8-9-15-33(32)26-31)42-38(49)44-24-22-43(23-25-44)35(46)16-7-4-10-20-40/h3,5-6,8-9,12-15,17-18,26,34H,2,4,7,10-11,16,19-25,27-29,40H2,1H3,(H,41,48)(H,42,49)/t34?,39-/m0/s1. The molecule has 3 aromatic rings. The van der Waals surface area contributed by atoms with Gasteiger partial charge in [-0.15, -0.1) is 0 Å². The second-order valence-electron chi connectivity index (χ2n) is 13.5.